The molecule has 2 heteroatoms. The number of ether oxygens (including phenoxy) is 1. The maximum absolute atomic E-state index is 6.40. The highest BCUT2D eigenvalue weighted by Gasteiger charge is 2.40. The Kier molecular flexibility index (Phi) is 4.48. The largest absolute Gasteiger partial charge is 0.372 e. The van der Waals surface area contributed by atoms with Crippen molar-refractivity contribution in [3.05, 3.63) is 0 Å². The van der Waals surface area contributed by atoms with Gasteiger partial charge in [-0.15, -0.1) is 0 Å². The Bertz CT molecular complexity index is 233. The molecule has 1 saturated carbocycles. The molecule has 17 heavy (non-hydrogen) atoms. The maximum Gasteiger partial charge on any atom is 0.0687 e. The molecule has 0 aromatic carbocycles. The summed E-state index contributed by atoms with van der Waals surface area (Å²) >= 11 is 0. The van der Waals surface area contributed by atoms with E-state index < -0.39 is 0 Å². The van der Waals surface area contributed by atoms with Crippen molar-refractivity contribution in [1.29, 1.82) is 0 Å². The van der Waals surface area contributed by atoms with E-state index in [1.165, 1.54) is 51.4 Å². The van der Waals surface area contributed by atoms with E-state index in [1.807, 2.05) is 0 Å². The van der Waals surface area contributed by atoms with Gasteiger partial charge >= 0.3 is 0 Å². The van der Waals surface area contributed by atoms with Crippen LogP contribution >= 0.6 is 0 Å². The third kappa shape index (κ3) is 3.69. The first-order chi connectivity index (χ1) is 8.10. The summed E-state index contributed by atoms with van der Waals surface area (Å²) in [6.45, 7) is 4.42. The highest BCUT2D eigenvalue weighted by Crippen LogP contribution is 2.43. The second-order valence-corrected chi connectivity index (χ2v) is 6.58. The molecule has 1 spiro atoms. The summed E-state index contributed by atoms with van der Waals surface area (Å²) < 4.78 is 6.40. The molecule has 1 heterocycles. The number of hydrogen-bond donors (Lipinski definition) is 1. The Labute approximate surface area is 106 Å². The Morgan fingerprint density at radius 2 is 1.88 bits per heavy atom. The molecule has 0 aromatic rings. The topological polar surface area (TPSA) is 35.2 Å². The molecule has 2 fully saturated rings. The maximum atomic E-state index is 6.40. The first kappa shape index (κ1) is 13.4. The van der Waals surface area contributed by atoms with Crippen LogP contribution in [0.4, 0.5) is 0 Å². The van der Waals surface area contributed by atoms with Gasteiger partial charge in [-0.1, -0.05) is 26.2 Å². The molecular formula is C15H29NO. The van der Waals surface area contributed by atoms with Gasteiger partial charge in [0.2, 0.25) is 0 Å². The second-order valence-electron chi connectivity index (χ2n) is 6.58. The summed E-state index contributed by atoms with van der Waals surface area (Å²) in [5.74, 6) is 0.707. The minimum atomic E-state index is 0.289. The zero-order valence-electron chi connectivity index (χ0n) is 11.6. The van der Waals surface area contributed by atoms with Gasteiger partial charge in [0.15, 0.2) is 0 Å². The molecule has 100 valence electrons. The van der Waals surface area contributed by atoms with Crippen LogP contribution in [0, 0.1) is 5.92 Å². The zero-order chi connectivity index (χ0) is 12.3. The van der Waals surface area contributed by atoms with E-state index >= 15 is 0 Å². The van der Waals surface area contributed by atoms with Crippen LogP contribution in [-0.2, 0) is 4.74 Å². The average molecular weight is 239 g/mol. The summed E-state index contributed by atoms with van der Waals surface area (Å²) in [6.07, 6.45) is 12.2. The molecule has 1 aliphatic carbocycles. The van der Waals surface area contributed by atoms with Crippen LogP contribution < -0.4 is 5.73 Å². The van der Waals surface area contributed by atoms with Gasteiger partial charge in [0, 0.05) is 6.04 Å². The van der Waals surface area contributed by atoms with Gasteiger partial charge in [0.05, 0.1) is 11.7 Å². The van der Waals surface area contributed by atoms with Crippen molar-refractivity contribution in [2.45, 2.75) is 89.4 Å². The lowest BCUT2D eigenvalue weighted by Gasteiger charge is -2.33. The molecular weight excluding hydrogens is 210 g/mol. The minimum Gasteiger partial charge on any atom is -0.372 e. The van der Waals surface area contributed by atoms with E-state index in [2.05, 4.69) is 13.8 Å². The highest BCUT2D eigenvalue weighted by atomic mass is 16.5. The van der Waals surface area contributed by atoms with Gasteiger partial charge in [0.25, 0.3) is 0 Å². The normalized spacial score (nSPS) is 31.6. The van der Waals surface area contributed by atoms with Crippen molar-refractivity contribution < 1.29 is 4.74 Å². The lowest BCUT2D eigenvalue weighted by molar-refractivity contribution is -0.0695. The quantitative estimate of drug-likeness (QED) is 0.813. The first-order valence-corrected chi connectivity index (χ1v) is 7.53. The third-order valence-corrected chi connectivity index (χ3v) is 4.54. The number of rotatable bonds is 4. The van der Waals surface area contributed by atoms with Gasteiger partial charge < -0.3 is 10.5 Å². The van der Waals surface area contributed by atoms with Crippen molar-refractivity contribution in [3.8, 4) is 0 Å². The molecule has 3 unspecified atom stereocenters. The molecule has 3 atom stereocenters. The third-order valence-electron chi connectivity index (χ3n) is 4.54. The highest BCUT2D eigenvalue weighted by molar-refractivity contribution is 4.91. The first-order valence-electron chi connectivity index (χ1n) is 7.53. The van der Waals surface area contributed by atoms with E-state index in [0.717, 1.165) is 6.42 Å². The van der Waals surface area contributed by atoms with Crippen LogP contribution in [0.1, 0.15) is 71.6 Å². The summed E-state index contributed by atoms with van der Waals surface area (Å²) in [5.41, 5.74) is 6.15. The van der Waals surface area contributed by atoms with Crippen LogP contribution in [0.2, 0.25) is 0 Å². The Balaban J connectivity index is 1.77. The van der Waals surface area contributed by atoms with Gasteiger partial charge in [-0.05, 0) is 51.4 Å². The van der Waals surface area contributed by atoms with E-state index in [-0.39, 0.29) is 5.60 Å². The molecule has 1 aliphatic heterocycles. The van der Waals surface area contributed by atoms with Gasteiger partial charge in [-0.2, -0.15) is 0 Å². The molecule has 0 radical (unpaired) electrons. The van der Waals surface area contributed by atoms with Crippen molar-refractivity contribution in [1.82, 2.24) is 0 Å². The molecule has 0 bridgehead atoms. The lowest BCUT2D eigenvalue weighted by Crippen LogP contribution is -2.32. The van der Waals surface area contributed by atoms with Crippen molar-refractivity contribution >= 4 is 0 Å². The summed E-state index contributed by atoms with van der Waals surface area (Å²) in [7, 11) is 0. The Hall–Kier alpha value is -0.0800. The average Bonchev–Trinajstić information content (AvgIpc) is 2.61. The predicted octanol–water partition coefficient (Wildman–Crippen LogP) is 3.63. The molecule has 0 aromatic heterocycles. The monoisotopic (exact) mass is 239 g/mol. The van der Waals surface area contributed by atoms with Crippen LogP contribution in [0.25, 0.3) is 0 Å². The minimum absolute atomic E-state index is 0.289. The zero-order valence-corrected chi connectivity index (χ0v) is 11.6. The molecule has 2 aliphatic rings. The van der Waals surface area contributed by atoms with Gasteiger partial charge in [0.1, 0.15) is 0 Å². The van der Waals surface area contributed by atoms with Crippen molar-refractivity contribution in [2.24, 2.45) is 11.7 Å². The summed E-state index contributed by atoms with van der Waals surface area (Å²) in [5, 5.41) is 0. The van der Waals surface area contributed by atoms with E-state index in [0.29, 0.717) is 18.1 Å². The Morgan fingerprint density at radius 3 is 2.53 bits per heavy atom. The van der Waals surface area contributed by atoms with E-state index in [4.69, 9.17) is 10.5 Å². The number of hydrogen-bond acceptors (Lipinski definition) is 2. The fourth-order valence-corrected chi connectivity index (χ4v) is 3.81. The fraction of sp³-hybridized carbons (Fsp3) is 1.00. The summed E-state index contributed by atoms with van der Waals surface area (Å²) in [6, 6.07) is 0.329. The molecule has 1 saturated heterocycles. The summed E-state index contributed by atoms with van der Waals surface area (Å²) in [4.78, 5) is 0. The van der Waals surface area contributed by atoms with Crippen molar-refractivity contribution in [3.63, 3.8) is 0 Å². The number of nitrogens with two attached hydrogens (primary N) is 1. The molecule has 2 N–H and O–H groups in total. The van der Waals surface area contributed by atoms with Crippen LogP contribution in [0.3, 0.4) is 0 Å². The van der Waals surface area contributed by atoms with E-state index in [1.54, 1.807) is 0 Å². The SMILES string of the molecule is CC(N)CC(C)CC1CCC2(CCCCC2)O1. The van der Waals surface area contributed by atoms with Crippen LogP contribution in [0.5, 0.6) is 0 Å². The van der Waals surface area contributed by atoms with Crippen molar-refractivity contribution in [2.75, 3.05) is 0 Å². The molecule has 2 rings (SSSR count). The molecule has 0 amide bonds. The standard InChI is InChI=1S/C15H29NO/c1-12(10-13(2)16)11-14-6-9-15(17-14)7-4-3-5-8-15/h12-14H,3-11,16H2,1-2H3. The van der Waals surface area contributed by atoms with Gasteiger partial charge in [-0.25, -0.2) is 0 Å². The smallest absolute Gasteiger partial charge is 0.0687 e. The van der Waals surface area contributed by atoms with E-state index in [9.17, 15) is 0 Å². The fourth-order valence-electron chi connectivity index (χ4n) is 3.81. The predicted molar refractivity (Wildman–Crippen MR) is 72.0 cm³/mol. The molecule has 2 nitrogen and oxygen atoms in total. The lowest BCUT2D eigenvalue weighted by atomic mass is 9.83. The Morgan fingerprint density at radius 1 is 1.18 bits per heavy atom. The van der Waals surface area contributed by atoms with Gasteiger partial charge in [-0.3, -0.25) is 0 Å². The van der Waals surface area contributed by atoms with Crippen LogP contribution in [-0.4, -0.2) is 17.7 Å². The second kappa shape index (κ2) is 5.71. The van der Waals surface area contributed by atoms with Crippen LogP contribution in [0.15, 0.2) is 0 Å².